The normalized spacial score (nSPS) is 11.1. The zero-order valence-corrected chi connectivity index (χ0v) is 9.17. The number of hydrogen-bond acceptors (Lipinski definition) is 4. The molecule has 0 unspecified atom stereocenters. The third-order valence-corrected chi connectivity index (χ3v) is 1.90. The zero-order valence-electron chi connectivity index (χ0n) is 9.17. The molecule has 0 radical (unpaired) electrons. The van der Waals surface area contributed by atoms with Crippen LogP contribution in [-0.2, 0) is 10.9 Å². The van der Waals surface area contributed by atoms with Crippen LogP contribution < -0.4 is 4.74 Å². The molecule has 0 spiro atoms. The predicted octanol–water partition coefficient (Wildman–Crippen LogP) is 2.29. The van der Waals surface area contributed by atoms with Crippen molar-refractivity contribution < 1.29 is 27.4 Å². The molecule has 1 heterocycles. The van der Waals surface area contributed by atoms with E-state index in [0.29, 0.717) is 6.20 Å². The molecule has 0 N–H and O–H groups in total. The molecule has 0 aliphatic carbocycles. The Morgan fingerprint density at radius 2 is 2.06 bits per heavy atom. The Morgan fingerprint density at radius 3 is 2.53 bits per heavy atom. The Bertz CT molecular complexity index is 418. The topological polar surface area (TPSA) is 48.4 Å². The second-order valence-corrected chi connectivity index (χ2v) is 2.99. The number of aromatic nitrogens is 1. The summed E-state index contributed by atoms with van der Waals surface area (Å²) in [5, 5.41) is 0. The molecule has 0 saturated carbocycles. The van der Waals surface area contributed by atoms with Gasteiger partial charge in [0.05, 0.1) is 13.7 Å². The van der Waals surface area contributed by atoms with Crippen molar-refractivity contribution in [2.75, 3.05) is 13.7 Å². The smallest absolute Gasteiger partial charge is 0.421 e. The van der Waals surface area contributed by atoms with Crippen molar-refractivity contribution in [3.63, 3.8) is 0 Å². The molecule has 0 aliphatic heterocycles. The van der Waals surface area contributed by atoms with Crippen LogP contribution in [-0.4, -0.2) is 24.7 Å². The number of methoxy groups -OCH3 is 1. The van der Waals surface area contributed by atoms with Crippen LogP contribution in [0.2, 0.25) is 0 Å². The third-order valence-electron chi connectivity index (χ3n) is 1.90. The Labute approximate surface area is 95.4 Å². The van der Waals surface area contributed by atoms with Crippen molar-refractivity contribution in [3.05, 3.63) is 23.5 Å². The van der Waals surface area contributed by atoms with E-state index in [-0.39, 0.29) is 12.2 Å². The van der Waals surface area contributed by atoms with Gasteiger partial charge in [-0.25, -0.2) is 4.79 Å². The Morgan fingerprint density at radius 1 is 1.41 bits per heavy atom. The highest BCUT2D eigenvalue weighted by Crippen LogP contribution is 2.37. The fraction of sp³-hybridized carbons (Fsp3) is 0.400. The summed E-state index contributed by atoms with van der Waals surface area (Å²) in [6, 6.07) is 0. The first-order valence-electron chi connectivity index (χ1n) is 4.68. The maximum Gasteiger partial charge on any atom is 0.421 e. The highest BCUT2D eigenvalue weighted by atomic mass is 19.4. The highest BCUT2D eigenvalue weighted by Gasteiger charge is 2.37. The molecule has 1 rings (SSSR count). The number of nitrogens with zero attached hydrogens (tertiary/aromatic N) is 1. The summed E-state index contributed by atoms with van der Waals surface area (Å²) in [6.45, 7) is 1.60. The lowest BCUT2D eigenvalue weighted by Crippen LogP contribution is -2.13. The standard InChI is InChI=1S/C10H10F3NO3/c1-3-17-9(15)6-4-14-5-7(8(6)16-2)10(11,12)13/h4-5H,3H2,1-2H3. The number of ether oxygens (including phenoxy) is 2. The van der Waals surface area contributed by atoms with Crippen molar-refractivity contribution >= 4 is 5.97 Å². The molecule has 1 aromatic heterocycles. The van der Waals surface area contributed by atoms with E-state index >= 15 is 0 Å². The number of halogens is 3. The van der Waals surface area contributed by atoms with Crippen LogP contribution in [0.4, 0.5) is 13.2 Å². The van der Waals surface area contributed by atoms with Gasteiger partial charge in [-0.05, 0) is 6.92 Å². The summed E-state index contributed by atoms with van der Waals surface area (Å²) in [7, 11) is 1.05. The molecule has 0 aliphatic rings. The number of alkyl halides is 3. The van der Waals surface area contributed by atoms with Gasteiger partial charge < -0.3 is 9.47 Å². The van der Waals surface area contributed by atoms with Crippen LogP contribution in [0.25, 0.3) is 0 Å². The third kappa shape index (κ3) is 2.86. The minimum absolute atomic E-state index is 0.0538. The first-order chi connectivity index (χ1) is 7.91. The number of pyridine rings is 1. The summed E-state index contributed by atoms with van der Waals surface area (Å²) in [5.74, 6) is -1.48. The number of hydrogen-bond donors (Lipinski definition) is 0. The molecule has 0 bridgehead atoms. The van der Waals surface area contributed by atoms with E-state index < -0.39 is 23.5 Å². The van der Waals surface area contributed by atoms with Gasteiger partial charge >= 0.3 is 12.1 Å². The summed E-state index contributed by atoms with van der Waals surface area (Å²) in [6.07, 6.45) is -3.06. The van der Waals surface area contributed by atoms with E-state index in [4.69, 9.17) is 0 Å². The van der Waals surface area contributed by atoms with Crippen molar-refractivity contribution in [1.82, 2.24) is 4.98 Å². The molecule has 7 heteroatoms. The first kappa shape index (κ1) is 13.3. The van der Waals surface area contributed by atoms with Crippen LogP contribution in [0.1, 0.15) is 22.8 Å². The van der Waals surface area contributed by atoms with E-state index in [1.807, 2.05) is 0 Å². The van der Waals surface area contributed by atoms with E-state index in [1.54, 1.807) is 6.92 Å². The van der Waals surface area contributed by atoms with Crippen molar-refractivity contribution in [2.24, 2.45) is 0 Å². The minimum Gasteiger partial charge on any atom is -0.495 e. The van der Waals surface area contributed by atoms with Crippen molar-refractivity contribution in [1.29, 1.82) is 0 Å². The maximum atomic E-state index is 12.6. The molecule has 4 nitrogen and oxygen atoms in total. The van der Waals surface area contributed by atoms with Crippen LogP contribution >= 0.6 is 0 Å². The van der Waals surface area contributed by atoms with Crippen molar-refractivity contribution in [3.8, 4) is 5.75 Å². The second kappa shape index (κ2) is 5.03. The lowest BCUT2D eigenvalue weighted by molar-refractivity contribution is -0.139. The summed E-state index contributed by atoms with van der Waals surface area (Å²) in [4.78, 5) is 14.8. The van der Waals surface area contributed by atoms with E-state index in [9.17, 15) is 18.0 Å². The van der Waals surface area contributed by atoms with Gasteiger partial charge in [-0.3, -0.25) is 4.98 Å². The SMILES string of the molecule is CCOC(=O)c1cncc(C(F)(F)F)c1OC. The van der Waals surface area contributed by atoms with E-state index in [0.717, 1.165) is 13.3 Å². The van der Waals surface area contributed by atoms with Gasteiger partial charge in [-0.2, -0.15) is 13.2 Å². The molecule has 0 amide bonds. The summed E-state index contributed by atoms with van der Waals surface area (Å²) in [5.41, 5.74) is -1.45. The van der Waals surface area contributed by atoms with Gasteiger partial charge in [0.2, 0.25) is 0 Å². The Balaban J connectivity index is 3.29. The molecule has 94 valence electrons. The Hall–Kier alpha value is -1.79. The van der Waals surface area contributed by atoms with Gasteiger partial charge in [-0.1, -0.05) is 0 Å². The second-order valence-electron chi connectivity index (χ2n) is 2.99. The van der Waals surface area contributed by atoms with Gasteiger partial charge in [0.1, 0.15) is 16.9 Å². The molecule has 0 atom stereocenters. The van der Waals surface area contributed by atoms with Crippen LogP contribution in [0.15, 0.2) is 12.4 Å². The van der Waals surface area contributed by atoms with Crippen molar-refractivity contribution in [2.45, 2.75) is 13.1 Å². The lowest BCUT2D eigenvalue weighted by Gasteiger charge is -2.13. The molecule has 17 heavy (non-hydrogen) atoms. The van der Waals surface area contributed by atoms with Crippen LogP contribution in [0.3, 0.4) is 0 Å². The molecule has 0 fully saturated rings. The number of esters is 1. The first-order valence-corrected chi connectivity index (χ1v) is 4.68. The lowest BCUT2D eigenvalue weighted by atomic mass is 10.1. The quantitative estimate of drug-likeness (QED) is 0.771. The highest BCUT2D eigenvalue weighted by molar-refractivity contribution is 5.92. The number of carbonyl (C=O) groups excluding carboxylic acids is 1. The van der Waals surface area contributed by atoms with Gasteiger partial charge in [0, 0.05) is 12.4 Å². The van der Waals surface area contributed by atoms with E-state index in [1.165, 1.54) is 0 Å². The number of rotatable bonds is 3. The van der Waals surface area contributed by atoms with Gasteiger partial charge in [0.25, 0.3) is 0 Å². The number of carbonyl (C=O) groups is 1. The molecular weight excluding hydrogens is 239 g/mol. The van der Waals surface area contributed by atoms with Gasteiger partial charge in [0.15, 0.2) is 0 Å². The molecule has 0 saturated heterocycles. The monoisotopic (exact) mass is 249 g/mol. The minimum atomic E-state index is -4.64. The fourth-order valence-corrected chi connectivity index (χ4v) is 1.22. The molecule has 1 aromatic rings. The van der Waals surface area contributed by atoms with Gasteiger partial charge in [-0.15, -0.1) is 0 Å². The summed E-state index contributed by atoms with van der Waals surface area (Å²) >= 11 is 0. The fourth-order valence-electron chi connectivity index (χ4n) is 1.22. The predicted molar refractivity (Wildman–Crippen MR) is 51.7 cm³/mol. The summed E-state index contributed by atoms with van der Waals surface area (Å²) < 4.78 is 47.0. The molecule has 0 aromatic carbocycles. The van der Waals surface area contributed by atoms with E-state index in [2.05, 4.69) is 14.5 Å². The maximum absolute atomic E-state index is 12.6. The molecular formula is C10H10F3NO3. The zero-order chi connectivity index (χ0) is 13.1. The van der Waals surface area contributed by atoms with Crippen LogP contribution in [0, 0.1) is 0 Å². The van der Waals surface area contributed by atoms with Crippen LogP contribution in [0.5, 0.6) is 5.75 Å². The largest absolute Gasteiger partial charge is 0.495 e. The average Bonchev–Trinajstić information content (AvgIpc) is 2.27. The Kier molecular flexibility index (Phi) is 3.93. The average molecular weight is 249 g/mol.